The Kier molecular flexibility index (Phi) is 4.07. The van der Waals surface area contributed by atoms with Gasteiger partial charge in [-0.1, -0.05) is 20.8 Å². The molecule has 0 aromatic carbocycles. The van der Waals surface area contributed by atoms with E-state index < -0.39 is 4.92 Å². The van der Waals surface area contributed by atoms with Gasteiger partial charge in [-0.05, 0) is 11.5 Å². The van der Waals surface area contributed by atoms with Crippen LogP contribution in [0.1, 0.15) is 20.8 Å². The Balaban J connectivity index is 3.14. The largest absolute Gasteiger partial charge is 0.353 e. The van der Waals surface area contributed by atoms with Gasteiger partial charge in [0, 0.05) is 19.7 Å². The maximum Gasteiger partial charge on any atom is 0.311 e. The van der Waals surface area contributed by atoms with Crippen molar-refractivity contribution >= 4 is 17.3 Å². The fourth-order valence-electron chi connectivity index (χ4n) is 1.73. The number of aromatic nitrogens is 1. The number of anilines is 2. The molecule has 0 amide bonds. The molecule has 0 atom stereocenters. The Morgan fingerprint density at radius 2 is 2.11 bits per heavy atom. The average Bonchev–Trinajstić information content (AvgIpc) is 2.25. The van der Waals surface area contributed by atoms with Gasteiger partial charge in [-0.2, -0.15) is 0 Å². The van der Waals surface area contributed by atoms with Crippen LogP contribution >= 0.6 is 0 Å². The highest BCUT2D eigenvalue weighted by Crippen LogP contribution is 2.28. The highest BCUT2D eigenvalue weighted by Gasteiger charge is 2.23. The van der Waals surface area contributed by atoms with E-state index >= 15 is 0 Å². The molecule has 0 radical (unpaired) electrons. The normalized spacial score (nSPS) is 11.2. The maximum atomic E-state index is 11.0. The van der Waals surface area contributed by atoms with E-state index in [-0.39, 0.29) is 11.1 Å². The summed E-state index contributed by atoms with van der Waals surface area (Å²) in [5.41, 5.74) is 2.37. The molecule has 0 saturated heterocycles. The van der Waals surface area contributed by atoms with Crippen molar-refractivity contribution in [2.75, 3.05) is 23.9 Å². The molecule has 0 aliphatic heterocycles. The summed E-state index contributed by atoms with van der Waals surface area (Å²) in [7, 11) is 1.78. The highest BCUT2D eigenvalue weighted by atomic mass is 16.6. The van der Waals surface area contributed by atoms with Gasteiger partial charge in [-0.15, -0.1) is 0 Å². The van der Waals surface area contributed by atoms with E-state index in [9.17, 15) is 10.1 Å². The van der Waals surface area contributed by atoms with Crippen LogP contribution in [0, 0.1) is 15.5 Å². The minimum absolute atomic E-state index is 0.0104. The topological polar surface area (TPSA) is 97.3 Å². The van der Waals surface area contributed by atoms with Crippen molar-refractivity contribution in [3.8, 4) is 0 Å². The molecule has 0 unspecified atom stereocenters. The van der Waals surface area contributed by atoms with Crippen LogP contribution in [0.15, 0.2) is 12.1 Å². The lowest BCUT2D eigenvalue weighted by molar-refractivity contribution is -0.384. The van der Waals surface area contributed by atoms with Crippen LogP contribution < -0.4 is 16.2 Å². The van der Waals surface area contributed by atoms with Crippen LogP contribution in [0.3, 0.4) is 0 Å². The number of nitrogen functional groups attached to an aromatic ring is 1. The average molecular weight is 253 g/mol. The minimum Gasteiger partial charge on any atom is -0.353 e. The van der Waals surface area contributed by atoms with E-state index in [1.807, 2.05) is 0 Å². The van der Waals surface area contributed by atoms with Gasteiger partial charge in [0.25, 0.3) is 0 Å². The molecule has 0 saturated carbocycles. The van der Waals surface area contributed by atoms with Crippen molar-refractivity contribution < 1.29 is 4.92 Å². The van der Waals surface area contributed by atoms with Crippen molar-refractivity contribution in [2.45, 2.75) is 20.8 Å². The fourth-order valence-corrected chi connectivity index (χ4v) is 1.73. The van der Waals surface area contributed by atoms with Gasteiger partial charge in [0.1, 0.15) is 5.82 Å². The molecule has 0 fully saturated rings. The lowest BCUT2D eigenvalue weighted by Crippen LogP contribution is -2.30. The third-order valence-corrected chi connectivity index (χ3v) is 2.27. The Hall–Kier alpha value is -1.89. The second kappa shape index (κ2) is 5.18. The number of nitro groups is 1. The summed E-state index contributed by atoms with van der Waals surface area (Å²) in [5.74, 6) is 5.98. The summed E-state index contributed by atoms with van der Waals surface area (Å²) in [6, 6.07) is 2.88. The number of rotatable bonds is 4. The molecule has 100 valence electrons. The predicted octanol–water partition coefficient (Wildman–Crippen LogP) is 1.76. The molecule has 18 heavy (non-hydrogen) atoms. The Morgan fingerprint density at radius 3 is 2.56 bits per heavy atom. The van der Waals surface area contributed by atoms with Crippen LogP contribution in [-0.4, -0.2) is 23.5 Å². The lowest BCUT2D eigenvalue weighted by Gasteiger charge is -2.27. The van der Waals surface area contributed by atoms with Crippen LogP contribution in [0.2, 0.25) is 0 Å². The van der Waals surface area contributed by atoms with Crippen LogP contribution in [0.5, 0.6) is 0 Å². The van der Waals surface area contributed by atoms with Gasteiger partial charge in [0.05, 0.1) is 4.92 Å². The third-order valence-electron chi connectivity index (χ3n) is 2.27. The van der Waals surface area contributed by atoms with Crippen molar-refractivity contribution in [3.63, 3.8) is 0 Å². The zero-order valence-corrected chi connectivity index (χ0v) is 11.1. The summed E-state index contributed by atoms with van der Waals surface area (Å²) >= 11 is 0. The third kappa shape index (κ3) is 3.56. The SMILES string of the molecule is CN(CC(C)(C)C)c1nc(NN)ccc1[N+](=O)[O-]. The molecule has 1 rings (SSSR count). The molecule has 0 aliphatic carbocycles. The monoisotopic (exact) mass is 253 g/mol. The number of nitrogens with two attached hydrogens (primary N) is 1. The molecule has 0 bridgehead atoms. The minimum atomic E-state index is -0.443. The van der Waals surface area contributed by atoms with Gasteiger partial charge < -0.3 is 10.3 Å². The molecular formula is C11H19N5O2. The zero-order valence-electron chi connectivity index (χ0n) is 11.1. The standard InChI is InChI=1S/C11H19N5O2/c1-11(2,3)7-15(4)10-8(16(17)18)5-6-9(13-10)14-12/h5-6H,7,12H2,1-4H3,(H,13,14). The van der Waals surface area contributed by atoms with Crippen molar-refractivity contribution in [1.29, 1.82) is 0 Å². The fraction of sp³-hybridized carbons (Fsp3) is 0.545. The first-order valence-corrected chi connectivity index (χ1v) is 5.58. The van der Waals surface area contributed by atoms with E-state index in [4.69, 9.17) is 5.84 Å². The van der Waals surface area contributed by atoms with Crippen molar-refractivity contribution in [1.82, 2.24) is 4.98 Å². The van der Waals surface area contributed by atoms with Crippen LogP contribution in [0.25, 0.3) is 0 Å². The number of hydrogen-bond donors (Lipinski definition) is 2. The smallest absolute Gasteiger partial charge is 0.311 e. The number of pyridine rings is 1. The second-order valence-electron chi connectivity index (χ2n) is 5.36. The first-order chi connectivity index (χ1) is 8.24. The molecule has 0 spiro atoms. The maximum absolute atomic E-state index is 11.0. The highest BCUT2D eigenvalue weighted by molar-refractivity contribution is 5.61. The summed E-state index contributed by atoms with van der Waals surface area (Å²) in [4.78, 5) is 16.4. The summed E-state index contributed by atoms with van der Waals surface area (Å²) in [6.07, 6.45) is 0. The molecule has 3 N–H and O–H groups in total. The Morgan fingerprint density at radius 1 is 1.50 bits per heavy atom. The summed E-state index contributed by atoms with van der Waals surface area (Å²) in [6.45, 7) is 6.82. The molecular weight excluding hydrogens is 234 g/mol. The van der Waals surface area contributed by atoms with Gasteiger partial charge in [0.2, 0.25) is 5.82 Å². The first-order valence-electron chi connectivity index (χ1n) is 5.58. The van der Waals surface area contributed by atoms with E-state index in [0.29, 0.717) is 18.2 Å². The molecule has 7 nitrogen and oxygen atoms in total. The van der Waals surface area contributed by atoms with Crippen LogP contribution in [0.4, 0.5) is 17.3 Å². The molecule has 1 aromatic rings. The van der Waals surface area contributed by atoms with E-state index in [0.717, 1.165) is 0 Å². The number of nitrogens with zero attached hydrogens (tertiary/aromatic N) is 3. The van der Waals surface area contributed by atoms with Crippen molar-refractivity contribution in [2.24, 2.45) is 11.3 Å². The number of hydrogen-bond acceptors (Lipinski definition) is 6. The zero-order chi connectivity index (χ0) is 13.9. The van der Waals surface area contributed by atoms with Crippen LogP contribution in [-0.2, 0) is 0 Å². The summed E-state index contributed by atoms with van der Waals surface area (Å²) in [5, 5.41) is 11.0. The van der Waals surface area contributed by atoms with E-state index in [1.54, 1.807) is 11.9 Å². The van der Waals surface area contributed by atoms with E-state index in [2.05, 4.69) is 31.2 Å². The molecule has 7 heteroatoms. The lowest BCUT2D eigenvalue weighted by atomic mass is 9.96. The van der Waals surface area contributed by atoms with Crippen molar-refractivity contribution in [3.05, 3.63) is 22.2 Å². The number of nitrogens with one attached hydrogen (secondary N) is 1. The van der Waals surface area contributed by atoms with Gasteiger partial charge in [-0.25, -0.2) is 10.8 Å². The molecule has 1 heterocycles. The summed E-state index contributed by atoms with van der Waals surface area (Å²) < 4.78 is 0. The predicted molar refractivity (Wildman–Crippen MR) is 71.4 cm³/mol. The number of hydrazine groups is 1. The van der Waals surface area contributed by atoms with E-state index in [1.165, 1.54) is 12.1 Å². The second-order valence-corrected chi connectivity index (χ2v) is 5.36. The Bertz CT molecular complexity index is 442. The Labute approximate surface area is 106 Å². The quantitative estimate of drug-likeness (QED) is 0.482. The van der Waals surface area contributed by atoms with Gasteiger partial charge >= 0.3 is 5.69 Å². The van der Waals surface area contributed by atoms with Gasteiger partial charge in [-0.3, -0.25) is 10.1 Å². The van der Waals surface area contributed by atoms with Gasteiger partial charge in [0.15, 0.2) is 0 Å². The molecule has 1 aromatic heterocycles. The molecule has 0 aliphatic rings. The first kappa shape index (κ1) is 14.2.